The molecule has 82 valence electrons. The van der Waals surface area contributed by atoms with Crippen molar-refractivity contribution in [2.45, 2.75) is 20.8 Å². The van der Waals surface area contributed by atoms with Gasteiger partial charge in [-0.25, -0.2) is 0 Å². The molecule has 2 rings (SSSR count). The van der Waals surface area contributed by atoms with Crippen molar-refractivity contribution in [2.75, 3.05) is 0 Å². The number of benzene rings is 1. The minimum atomic E-state index is -0.311. The van der Waals surface area contributed by atoms with Crippen LogP contribution in [-0.2, 0) is 0 Å². The minimum Gasteiger partial charge on any atom is -0.321 e. The summed E-state index contributed by atoms with van der Waals surface area (Å²) in [6.45, 7) is 5.73. The predicted molar refractivity (Wildman–Crippen MR) is 64.2 cm³/mol. The van der Waals surface area contributed by atoms with Gasteiger partial charge < -0.3 is 4.98 Å². The Balaban J connectivity index is 3.10. The van der Waals surface area contributed by atoms with Crippen molar-refractivity contribution in [1.29, 1.82) is 0 Å². The monoisotopic (exact) mass is 215 g/mol. The van der Waals surface area contributed by atoms with Crippen LogP contribution in [0.1, 0.15) is 27.0 Å². The van der Waals surface area contributed by atoms with E-state index in [0.717, 1.165) is 27.6 Å². The Morgan fingerprint density at radius 1 is 1.12 bits per heavy atom. The van der Waals surface area contributed by atoms with Crippen LogP contribution in [0.25, 0.3) is 10.9 Å². The molecule has 0 aliphatic rings. The number of pyridine rings is 1. The van der Waals surface area contributed by atoms with Crippen LogP contribution in [-0.4, -0.2) is 11.3 Å². The molecule has 0 fully saturated rings. The number of hydrogen-bond acceptors (Lipinski definition) is 2. The standard InChI is InChI=1S/C13H13NO2/c1-7-4-5-8(2)12-11(7)9(3)10(6-15)13(16)14-12/h4-6H,1-3H3,(H,14,16). The molecule has 1 N–H and O–H groups in total. The van der Waals surface area contributed by atoms with Crippen LogP contribution in [0.2, 0.25) is 0 Å². The van der Waals surface area contributed by atoms with Gasteiger partial charge >= 0.3 is 0 Å². The smallest absolute Gasteiger partial charge is 0.259 e. The van der Waals surface area contributed by atoms with E-state index in [0.29, 0.717) is 6.29 Å². The largest absolute Gasteiger partial charge is 0.321 e. The molecule has 0 saturated heterocycles. The molecule has 1 aromatic carbocycles. The lowest BCUT2D eigenvalue weighted by molar-refractivity contribution is 0.112. The molecule has 0 radical (unpaired) electrons. The second-order valence-corrected chi connectivity index (χ2v) is 4.06. The van der Waals surface area contributed by atoms with E-state index in [1.165, 1.54) is 0 Å². The zero-order valence-electron chi connectivity index (χ0n) is 9.55. The first-order valence-electron chi connectivity index (χ1n) is 5.14. The molecule has 0 bridgehead atoms. The molecule has 16 heavy (non-hydrogen) atoms. The fraction of sp³-hybridized carbons (Fsp3) is 0.231. The normalized spacial score (nSPS) is 10.7. The fourth-order valence-corrected chi connectivity index (χ4v) is 2.08. The Morgan fingerprint density at radius 3 is 2.38 bits per heavy atom. The molecular weight excluding hydrogens is 202 g/mol. The van der Waals surface area contributed by atoms with Crippen LogP contribution in [0, 0.1) is 20.8 Å². The van der Waals surface area contributed by atoms with E-state index in [1.807, 2.05) is 32.9 Å². The molecule has 1 aromatic heterocycles. The van der Waals surface area contributed by atoms with E-state index in [4.69, 9.17) is 0 Å². The van der Waals surface area contributed by atoms with Gasteiger partial charge in [-0.05, 0) is 37.5 Å². The van der Waals surface area contributed by atoms with E-state index in [9.17, 15) is 9.59 Å². The number of aromatic amines is 1. The molecule has 0 spiro atoms. The van der Waals surface area contributed by atoms with Crippen LogP contribution < -0.4 is 5.56 Å². The molecule has 0 amide bonds. The Bertz CT molecular complexity index is 638. The molecule has 0 saturated carbocycles. The summed E-state index contributed by atoms with van der Waals surface area (Å²) < 4.78 is 0. The number of hydrogen-bond donors (Lipinski definition) is 1. The van der Waals surface area contributed by atoms with Gasteiger partial charge in [0.15, 0.2) is 6.29 Å². The van der Waals surface area contributed by atoms with E-state index in [-0.39, 0.29) is 11.1 Å². The highest BCUT2D eigenvalue weighted by Gasteiger charge is 2.11. The number of carbonyl (C=O) groups is 1. The number of rotatable bonds is 1. The zero-order chi connectivity index (χ0) is 11.9. The third-order valence-corrected chi connectivity index (χ3v) is 3.00. The van der Waals surface area contributed by atoms with Crippen molar-refractivity contribution in [1.82, 2.24) is 4.98 Å². The number of nitrogens with one attached hydrogen (secondary N) is 1. The Kier molecular flexibility index (Phi) is 2.38. The van der Waals surface area contributed by atoms with Gasteiger partial charge in [0.05, 0.1) is 11.1 Å². The van der Waals surface area contributed by atoms with Crippen LogP contribution >= 0.6 is 0 Å². The highest BCUT2D eigenvalue weighted by atomic mass is 16.1. The second kappa shape index (κ2) is 3.59. The van der Waals surface area contributed by atoms with Gasteiger partial charge in [0.1, 0.15) is 0 Å². The summed E-state index contributed by atoms with van der Waals surface area (Å²) in [7, 11) is 0. The van der Waals surface area contributed by atoms with Gasteiger partial charge in [0.25, 0.3) is 5.56 Å². The Morgan fingerprint density at radius 2 is 1.75 bits per heavy atom. The maximum absolute atomic E-state index is 11.7. The Labute approximate surface area is 93.1 Å². The molecule has 0 aliphatic carbocycles. The summed E-state index contributed by atoms with van der Waals surface area (Å²) in [4.78, 5) is 25.3. The quantitative estimate of drug-likeness (QED) is 0.742. The van der Waals surface area contributed by atoms with Crippen molar-refractivity contribution in [2.24, 2.45) is 0 Å². The van der Waals surface area contributed by atoms with Gasteiger partial charge in [-0.3, -0.25) is 9.59 Å². The Hall–Kier alpha value is -1.90. The number of aryl methyl sites for hydroxylation is 3. The SMILES string of the molecule is Cc1ccc(C)c2c(C)c(C=O)c(=O)[nH]c12. The second-order valence-electron chi connectivity index (χ2n) is 4.06. The molecule has 0 unspecified atom stereocenters. The number of fused-ring (bicyclic) bond motifs is 1. The third kappa shape index (κ3) is 1.36. The van der Waals surface area contributed by atoms with Crippen molar-refractivity contribution >= 4 is 17.2 Å². The van der Waals surface area contributed by atoms with E-state index in [1.54, 1.807) is 0 Å². The van der Waals surface area contributed by atoms with E-state index >= 15 is 0 Å². The molecular formula is C13H13NO2. The maximum Gasteiger partial charge on any atom is 0.259 e. The lowest BCUT2D eigenvalue weighted by atomic mass is 9.99. The molecule has 3 heteroatoms. The number of aromatic nitrogens is 1. The van der Waals surface area contributed by atoms with Crippen molar-refractivity contribution in [3.8, 4) is 0 Å². The lowest BCUT2D eigenvalue weighted by Crippen LogP contribution is -2.15. The zero-order valence-corrected chi connectivity index (χ0v) is 9.55. The molecule has 1 heterocycles. The van der Waals surface area contributed by atoms with E-state index in [2.05, 4.69) is 4.98 Å². The molecule has 0 aliphatic heterocycles. The summed E-state index contributed by atoms with van der Waals surface area (Å²) >= 11 is 0. The first kappa shape index (κ1) is 10.6. The first-order valence-corrected chi connectivity index (χ1v) is 5.14. The first-order chi connectivity index (χ1) is 7.56. The predicted octanol–water partition coefficient (Wildman–Crippen LogP) is 2.27. The minimum absolute atomic E-state index is 0.223. The van der Waals surface area contributed by atoms with Crippen molar-refractivity contribution in [3.63, 3.8) is 0 Å². The van der Waals surface area contributed by atoms with E-state index < -0.39 is 0 Å². The summed E-state index contributed by atoms with van der Waals surface area (Å²) in [5.41, 5.74) is 3.58. The molecule has 0 atom stereocenters. The summed E-state index contributed by atoms with van der Waals surface area (Å²) in [5, 5.41) is 0.974. The summed E-state index contributed by atoms with van der Waals surface area (Å²) in [6, 6.07) is 3.96. The maximum atomic E-state index is 11.7. The van der Waals surface area contributed by atoms with Crippen LogP contribution in [0.5, 0.6) is 0 Å². The van der Waals surface area contributed by atoms with Gasteiger partial charge in [0.2, 0.25) is 0 Å². The third-order valence-electron chi connectivity index (χ3n) is 3.00. The number of aldehydes is 1. The molecule has 3 nitrogen and oxygen atoms in total. The van der Waals surface area contributed by atoms with Crippen LogP contribution in [0.3, 0.4) is 0 Å². The summed E-state index contributed by atoms with van der Waals surface area (Å²) in [5.74, 6) is 0. The van der Waals surface area contributed by atoms with Gasteiger partial charge in [-0.1, -0.05) is 12.1 Å². The highest BCUT2D eigenvalue weighted by molar-refractivity contribution is 5.93. The highest BCUT2D eigenvalue weighted by Crippen LogP contribution is 2.23. The van der Waals surface area contributed by atoms with Gasteiger partial charge in [-0.15, -0.1) is 0 Å². The number of carbonyl (C=O) groups excluding carboxylic acids is 1. The lowest BCUT2D eigenvalue weighted by Gasteiger charge is -2.09. The summed E-state index contributed by atoms with van der Waals surface area (Å²) in [6.07, 6.45) is 0.620. The van der Waals surface area contributed by atoms with Crippen molar-refractivity contribution in [3.05, 3.63) is 44.7 Å². The van der Waals surface area contributed by atoms with Crippen molar-refractivity contribution < 1.29 is 4.79 Å². The average molecular weight is 215 g/mol. The average Bonchev–Trinajstić information content (AvgIpc) is 2.24. The fourth-order valence-electron chi connectivity index (χ4n) is 2.08. The topological polar surface area (TPSA) is 49.9 Å². The van der Waals surface area contributed by atoms with Crippen LogP contribution in [0.15, 0.2) is 16.9 Å². The van der Waals surface area contributed by atoms with Crippen LogP contribution in [0.4, 0.5) is 0 Å². The number of H-pyrrole nitrogens is 1. The van der Waals surface area contributed by atoms with Gasteiger partial charge in [-0.2, -0.15) is 0 Å². The van der Waals surface area contributed by atoms with Gasteiger partial charge in [0, 0.05) is 5.39 Å². The molecule has 2 aromatic rings.